The quantitative estimate of drug-likeness (QED) is 0.862. The largest absolute Gasteiger partial charge is 0.497 e. The molecule has 1 aromatic carbocycles. The van der Waals surface area contributed by atoms with Gasteiger partial charge in [0.15, 0.2) is 0 Å². The topological polar surface area (TPSA) is 69.0 Å². The first-order valence-electron chi connectivity index (χ1n) is 5.61. The zero-order valence-corrected chi connectivity index (χ0v) is 9.83. The maximum absolute atomic E-state index is 11.6. The number of hydrogen-bond donors (Lipinski definition) is 1. The summed E-state index contributed by atoms with van der Waals surface area (Å²) < 4.78 is 6.91. The van der Waals surface area contributed by atoms with E-state index < -0.39 is 0 Å². The van der Waals surface area contributed by atoms with Crippen LogP contribution in [0.4, 0.5) is 5.95 Å². The Kier molecular flexibility index (Phi) is 2.47. The van der Waals surface area contributed by atoms with Crippen LogP contribution in [0.25, 0.3) is 0 Å². The molecule has 6 nitrogen and oxygen atoms in total. The molecule has 1 atom stereocenters. The van der Waals surface area contributed by atoms with E-state index >= 15 is 0 Å². The van der Waals surface area contributed by atoms with Crippen molar-refractivity contribution in [3.8, 4) is 5.75 Å². The van der Waals surface area contributed by atoms with E-state index in [1.807, 2.05) is 24.3 Å². The normalized spacial score (nSPS) is 18.1. The van der Waals surface area contributed by atoms with Gasteiger partial charge in [-0.1, -0.05) is 12.1 Å². The molecule has 0 fully saturated rings. The van der Waals surface area contributed by atoms with Gasteiger partial charge in [-0.2, -0.15) is 10.1 Å². The van der Waals surface area contributed by atoms with Crippen LogP contribution in [0.2, 0.25) is 0 Å². The number of nitrogens with one attached hydrogen (secondary N) is 1. The lowest BCUT2D eigenvalue weighted by Gasteiger charge is -2.23. The van der Waals surface area contributed by atoms with Gasteiger partial charge in [0.05, 0.1) is 19.6 Å². The second kappa shape index (κ2) is 4.14. The number of amides is 1. The summed E-state index contributed by atoms with van der Waals surface area (Å²) in [6.07, 6.45) is 1.79. The predicted octanol–water partition coefficient (Wildman–Crippen LogP) is 1.22. The molecule has 1 unspecified atom stereocenters. The summed E-state index contributed by atoms with van der Waals surface area (Å²) in [5.74, 6) is 1.20. The smallest absolute Gasteiger partial charge is 0.229 e. The fraction of sp³-hybridized carbons (Fsp3) is 0.250. The van der Waals surface area contributed by atoms with Crippen molar-refractivity contribution in [2.45, 2.75) is 12.5 Å². The number of methoxy groups -OCH3 is 1. The van der Waals surface area contributed by atoms with Crippen molar-refractivity contribution in [1.29, 1.82) is 0 Å². The van der Waals surface area contributed by atoms with Crippen LogP contribution in [-0.2, 0) is 4.79 Å². The third-order valence-electron chi connectivity index (χ3n) is 2.98. The van der Waals surface area contributed by atoms with E-state index in [0.29, 0.717) is 12.4 Å². The number of fused-ring (bicyclic) bond motifs is 1. The Hall–Kier alpha value is -2.37. The first-order valence-corrected chi connectivity index (χ1v) is 5.61. The SMILES string of the molecule is COc1cccc(C2CC(=O)Nc3ncnn32)c1. The van der Waals surface area contributed by atoms with Crippen LogP contribution in [-0.4, -0.2) is 27.8 Å². The van der Waals surface area contributed by atoms with Gasteiger partial charge in [0.2, 0.25) is 11.9 Å². The molecule has 0 bridgehead atoms. The van der Waals surface area contributed by atoms with Gasteiger partial charge < -0.3 is 4.74 Å². The molecule has 2 aromatic rings. The molecular formula is C12H12N4O2. The Balaban J connectivity index is 2.04. The standard InChI is InChI=1S/C12H12N4O2/c1-18-9-4-2-3-8(5-9)10-6-11(17)15-12-13-7-14-16(10)12/h2-5,7,10H,6H2,1H3,(H,13,14,15,17). The fourth-order valence-electron chi connectivity index (χ4n) is 2.11. The number of nitrogens with zero attached hydrogens (tertiary/aromatic N) is 3. The van der Waals surface area contributed by atoms with Crippen LogP contribution >= 0.6 is 0 Å². The van der Waals surface area contributed by atoms with E-state index in [0.717, 1.165) is 11.3 Å². The third kappa shape index (κ3) is 1.71. The van der Waals surface area contributed by atoms with Gasteiger partial charge in [0.1, 0.15) is 12.1 Å². The van der Waals surface area contributed by atoms with Gasteiger partial charge in [-0.05, 0) is 17.7 Å². The van der Waals surface area contributed by atoms with Crippen LogP contribution < -0.4 is 10.1 Å². The highest BCUT2D eigenvalue weighted by Crippen LogP contribution is 2.29. The number of ether oxygens (including phenoxy) is 1. The van der Waals surface area contributed by atoms with Gasteiger partial charge in [0.25, 0.3) is 0 Å². The number of carbonyl (C=O) groups excluding carboxylic acids is 1. The maximum atomic E-state index is 11.6. The van der Waals surface area contributed by atoms with Gasteiger partial charge in [-0.25, -0.2) is 4.68 Å². The molecule has 6 heteroatoms. The molecule has 1 aromatic heterocycles. The minimum atomic E-state index is -0.133. The summed E-state index contributed by atoms with van der Waals surface area (Å²) in [5.41, 5.74) is 0.982. The lowest BCUT2D eigenvalue weighted by molar-refractivity contribution is -0.117. The molecule has 2 heterocycles. The molecule has 0 saturated heterocycles. The first-order chi connectivity index (χ1) is 8.78. The van der Waals surface area contributed by atoms with Gasteiger partial charge in [-0.15, -0.1) is 0 Å². The van der Waals surface area contributed by atoms with E-state index in [4.69, 9.17) is 4.74 Å². The average molecular weight is 244 g/mol. The fourth-order valence-corrected chi connectivity index (χ4v) is 2.11. The van der Waals surface area contributed by atoms with Gasteiger partial charge in [-0.3, -0.25) is 10.1 Å². The highest BCUT2D eigenvalue weighted by Gasteiger charge is 2.27. The summed E-state index contributed by atoms with van der Waals surface area (Å²) in [4.78, 5) is 15.7. The maximum Gasteiger partial charge on any atom is 0.229 e. The van der Waals surface area contributed by atoms with E-state index in [1.54, 1.807) is 11.8 Å². The van der Waals surface area contributed by atoms with Crippen molar-refractivity contribution < 1.29 is 9.53 Å². The van der Waals surface area contributed by atoms with Gasteiger partial charge in [0, 0.05) is 0 Å². The van der Waals surface area contributed by atoms with Crippen molar-refractivity contribution in [2.75, 3.05) is 12.4 Å². The highest BCUT2D eigenvalue weighted by molar-refractivity contribution is 5.91. The Labute approximate surface area is 104 Å². The number of hydrogen-bond acceptors (Lipinski definition) is 4. The molecule has 1 aliphatic rings. The van der Waals surface area contributed by atoms with E-state index in [2.05, 4.69) is 15.4 Å². The third-order valence-corrected chi connectivity index (χ3v) is 2.98. The number of anilines is 1. The van der Waals surface area contributed by atoms with Crippen LogP contribution in [0.3, 0.4) is 0 Å². The lowest BCUT2D eigenvalue weighted by Crippen LogP contribution is -2.29. The molecule has 0 aliphatic carbocycles. The highest BCUT2D eigenvalue weighted by atomic mass is 16.5. The second-order valence-corrected chi connectivity index (χ2v) is 4.07. The first kappa shape index (κ1) is 10.8. The molecular weight excluding hydrogens is 232 g/mol. The van der Waals surface area contributed by atoms with Crippen molar-refractivity contribution >= 4 is 11.9 Å². The summed E-state index contributed by atoms with van der Waals surface area (Å²) >= 11 is 0. The molecule has 1 N–H and O–H groups in total. The summed E-state index contributed by atoms with van der Waals surface area (Å²) in [6.45, 7) is 0. The average Bonchev–Trinajstić information content (AvgIpc) is 2.85. The molecule has 1 amide bonds. The zero-order valence-electron chi connectivity index (χ0n) is 9.83. The molecule has 0 radical (unpaired) electrons. The van der Waals surface area contributed by atoms with Gasteiger partial charge >= 0.3 is 0 Å². The van der Waals surface area contributed by atoms with Crippen LogP contribution in [0, 0.1) is 0 Å². The van der Waals surface area contributed by atoms with Crippen LogP contribution in [0.15, 0.2) is 30.6 Å². The number of aromatic nitrogens is 3. The number of benzene rings is 1. The van der Waals surface area contributed by atoms with E-state index in [1.165, 1.54) is 6.33 Å². The molecule has 3 rings (SSSR count). The van der Waals surface area contributed by atoms with Crippen molar-refractivity contribution in [2.24, 2.45) is 0 Å². The molecule has 18 heavy (non-hydrogen) atoms. The minimum Gasteiger partial charge on any atom is -0.497 e. The Bertz CT molecular complexity index is 593. The number of rotatable bonds is 2. The van der Waals surface area contributed by atoms with E-state index in [-0.39, 0.29) is 11.9 Å². The summed E-state index contributed by atoms with van der Waals surface area (Å²) in [5, 5.41) is 6.84. The predicted molar refractivity (Wildman–Crippen MR) is 64.4 cm³/mol. The molecule has 92 valence electrons. The second-order valence-electron chi connectivity index (χ2n) is 4.07. The Morgan fingerprint density at radius 3 is 3.22 bits per heavy atom. The minimum absolute atomic E-state index is 0.0525. The Morgan fingerprint density at radius 1 is 1.50 bits per heavy atom. The molecule has 1 aliphatic heterocycles. The van der Waals surface area contributed by atoms with Crippen LogP contribution in [0.5, 0.6) is 5.75 Å². The zero-order chi connectivity index (χ0) is 12.5. The van der Waals surface area contributed by atoms with Crippen LogP contribution in [0.1, 0.15) is 18.0 Å². The molecule has 0 saturated carbocycles. The monoisotopic (exact) mass is 244 g/mol. The number of carbonyl (C=O) groups is 1. The Morgan fingerprint density at radius 2 is 2.39 bits per heavy atom. The van der Waals surface area contributed by atoms with Crippen molar-refractivity contribution in [3.05, 3.63) is 36.2 Å². The van der Waals surface area contributed by atoms with Crippen molar-refractivity contribution in [1.82, 2.24) is 14.8 Å². The molecule has 0 spiro atoms. The summed E-state index contributed by atoms with van der Waals surface area (Å²) in [6, 6.07) is 7.50. The van der Waals surface area contributed by atoms with Crippen molar-refractivity contribution in [3.63, 3.8) is 0 Å². The lowest BCUT2D eigenvalue weighted by atomic mass is 10.0. The summed E-state index contributed by atoms with van der Waals surface area (Å²) in [7, 11) is 1.62. The van der Waals surface area contributed by atoms with E-state index in [9.17, 15) is 4.79 Å².